The lowest BCUT2D eigenvalue weighted by Gasteiger charge is -2.31. The van der Waals surface area contributed by atoms with Crippen LogP contribution in [0, 0.1) is 6.92 Å². The molecule has 0 N–H and O–H groups in total. The van der Waals surface area contributed by atoms with Crippen LogP contribution < -0.4 is 4.90 Å². The molecule has 3 aromatic rings. The average molecular weight is 416 g/mol. The van der Waals surface area contributed by atoms with Crippen LogP contribution in [0.3, 0.4) is 0 Å². The molecule has 1 aliphatic heterocycles. The number of fused-ring (bicyclic) bond motifs is 1. The lowest BCUT2D eigenvalue weighted by molar-refractivity contribution is -0.397. The predicted octanol–water partition coefficient (Wildman–Crippen LogP) is 5.73. The molecule has 0 bridgehead atoms. The third-order valence-corrected chi connectivity index (χ3v) is 5.41. The second-order valence-corrected chi connectivity index (χ2v) is 9.16. The van der Waals surface area contributed by atoms with E-state index in [-0.39, 0.29) is 5.91 Å². The number of aryl methyl sites for hydroxylation is 1. The summed E-state index contributed by atoms with van der Waals surface area (Å²) in [4.78, 5) is 27.7. The maximum Gasteiger partial charge on any atom is 0.268 e. The molecule has 0 saturated heterocycles. The lowest BCUT2D eigenvalue weighted by Crippen LogP contribution is -2.45. The predicted molar refractivity (Wildman–Crippen MR) is 123 cm³/mol. The Kier molecular flexibility index (Phi) is 5.69. The fraction of sp³-hybridized carbons (Fsp3) is 0.296. The highest BCUT2D eigenvalue weighted by molar-refractivity contribution is 6.07. The van der Waals surface area contributed by atoms with Gasteiger partial charge < -0.3 is 4.90 Å². The molecule has 0 aromatic heterocycles. The van der Waals surface area contributed by atoms with E-state index in [0.717, 1.165) is 22.4 Å². The number of benzene rings is 3. The SMILES string of the molecule is Cc1ccc(CC2(OOC(C)(C)C)C(=O)N(Cc3ccccc3)c3ccccc32)cc1. The average Bonchev–Trinajstić information content (AvgIpc) is 2.97. The quantitative estimate of drug-likeness (QED) is 0.381. The summed E-state index contributed by atoms with van der Waals surface area (Å²) in [5.41, 5.74) is 3.16. The van der Waals surface area contributed by atoms with Gasteiger partial charge in [-0.2, -0.15) is 0 Å². The number of amides is 1. The van der Waals surface area contributed by atoms with E-state index in [0.29, 0.717) is 13.0 Å². The van der Waals surface area contributed by atoms with Crippen molar-refractivity contribution in [1.29, 1.82) is 0 Å². The van der Waals surface area contributed by atoms with Crippen LogP contribution in [0.15, 0.2) is 78.9 Å². The Bertz CT molecular complexity index is 1050. The van der Waals surface area contributed by atoms with Gasteiger partial charge in [-0.25, -0.2) is 9.78 Å². The third-order valence-electron chi connectivity index (χ3n) is 5.41. The Morgan fingerprint density at radius 1 is 0.839 bits per heavy atom. The normalized spacial score (nSPS) is 18.3. The summed E-state index contributed by atoms with van der Waals surface area (Å²) in [7, 11) is 0. The summed E-state index contributed by atoms with van der Waals surface area (Å²) in [5, 5.41) is 0. The van der Waals surface area contributed by atoms with Crippen LogP contribution >= 0.6 is 0 Å². The van der Waals surface area contributed by atoms with E-state index >= 15 is 0 Å². The molecule has 1 aliphatic rings. The first kappa shape index (κ1) is 21.3. The van der Waals surface area contributed by atoms with Gasteiger partial charge in [0.2, 0.25) is 5.60 Å². The van der Waals surface area contributed by atoms with Gasteiger partial charge in [0.05, 0.1) is 17.8 Å². The van der Waals surface area contributed by atoms with Gasteiger partial charge in [0.1, 0.15) is 0 Å². The molecule has 4 rings (SSSR count). The van der Waals surface area contributed by atoms with Crippen LogP contribution in [0.4, 0.5) is 5.69 Å². The van der Waals surface area contributed by atoms with E-state index in [1.165, 1.54) is 5.56 Å². The maximum absolute atomic E-state index is 14.0. The van der Waals surface area contributed by atoms with Gasteiger partial charge in [-0.1, -0.05) is 78.4 Å². The number of carbonyl (C=O) groups excluding carboxylic acids is 1. The van der Waals surface area contributed by atoms with E-state index in [9.17, 15) is 4.79 Å². The zero-order valence-electron chi connectivity index (χ0n) is 18.6. The fourth-order valence-electron chi connectivity index (χ4n) is 3.89. The molecule has 31 heavy (non-hydrogen) atoms. The van der Waals surface area contributed by atoms with E-state index in [4.69, 9.17) is 9.78 Å². The summed E-state index contributed by atoms with van der Waals surface area (Å²) in [5.74, 6) is -0.109. The Morgan fingerprint density at radius 2 is 1.48 bits per heavy atom. The summed E-state index contributed by atoms with van der Waals surface area (Å²) >= 11 is 0. The van der Waals surface area contributed by atoms with Crippen molar-refractivity contribution in [2.45, 2.75) is 51.9 Å². The first-order valence-electron chi connectivity index (χ1n) is 10.7. The molecule has 1 atom stereocenters. The minimum Gasteiger partial charge on any atom is -0.305 e. The van der Waals surface area contributed by atoms with Crippen LogP contribution in [0.2, 0.25) is 0 Å². The molecule has 160 valence electrons. The highest BCUT2D eigenvalue weighted by atomic mass is 17.2. The number of carbonyl (C=O) groups is 1. The molecule has 3 aromatic carbocycles. The molecule has 4 nitrogen and oxygen atoms in total. The van der Waals surface area contributed by atoms with Gasteiger partial charge in [-0.15, -0.1) is 0 Å². The summed E-state index contributed by atoms with van der Waals surface area (Å²) in [6.07, 6.45) is 0.393. The van der Waals surface area contributed by atoms with E-state index < -0.39 is 11.2 Å². The Morgan fingerprint density at radius 3 is 2.16 bits per heavy atom. The first-order valence-corrected chi connectivity index (χ1v) is 10.7. The van der Waals surface area contributed by atoms with Gasteiger partial charge in [0, 0.05) is 12.0 Å². The van der Waals surface area contributed by atoms with Crippen LogP contribution in [0.1, 0.15) is 43.0 Å². The number of hydrogen-bond donors (Lipinski definition) is 0. The minimum atomic E-state index is -1.24. The Hall–Kier alpha value is -2.95. The summed E-state index contributed by atoms with van der Waals surface area (Å²) in [6.45, 7) is 8.28. The smallest absolute Gasteiger partial charge is 0.268 e. The van der Waals surface area contributed by atoms with Crippen LogP contribution in [0.5, 0.6) is 0 Å². The van der Waals surface area contributed by atoms with Crippen molar-refractivity contribution in [3.8, 4) is 0 Å². The number of para-hydroxylation sites is 1. The molecule has 0 saturated carbocycles. The molecule has 1 heterocycles. The highest BCUT2D eigenvalue weighted by Crippen LogP contribution is 2.46. The van der Waals surface area contributed by atoms with Crippen LogP contribution in [-0.4, -0.2) is 11.5 Å². The molecule has 0 aliphatic carbocycles. The second-order valence-electron chi connectivity index (χ2n) is 9.16. The van der Waals surface area contributed by atoms with Crippen molar-refractivity contribution in [3.63, 3.8) is 0 Å². The Labute approximate surface area is 184 Å². The minimum absolute atomic E-state index is 0.109. The van der Waals surface area contributed by atoms with Crippen LogP contribution in [0.25, 0.3) is 0 Å². The largest absolute Gasteiger partial charge is 0.305 e. The van der Waals surface area contributed by atoms with Gasteiger partial charge in [0.25, 0.3) is 5.91 Å². The van der Waals surface area contributed by atoms with Gasteiger partial charge in [0.15, 0.2) is 0 Å². The van der Waals surface area contributed by atoms with Crippen molar-refractivity contribution in [1.82, 2.24) is 0 Å². The topological polar surface area (TPSA) is 38.8 Å². The molecular formula is C27H29NO3. The zero-order chi connectivity index (χ0) is 22.1. The van der Waals surface area contributed by atoms with Crippen molar-refractivity contribution in [2.24, 2.45) is 0 Å². The fourth-order valence-corrected chi connectivity index (χ4v) is 3.89. The van der Waals surface area contributed by atoms with E-state index in [1.54, 1.807) is 0 Å². The van der Waals surface area contributed by atoms with Gasteiger partial charge in [-0.05, 0) is 44.9 Å². The highest BCUT2D eigenvalue weighted by Gasteiger charge is 2.54. The summed E-state index contributed by atoms with van der Waals surface area (Å²) < 4.78 is 0. The zero-order valence-corrected chi connectivity index (χ0v) is 18.6. The third kappa shape index (κ3) is 4.41. The van der Waals surface area contributed by atoms with Crippen molar-refractivity contribution in [2.75, 3.05) is 4.90 Å². The second kappa shape index (κ2) is 8.29. The number of hydrogen-bond acceptors (Lipinski definition) is 3. The lowest BCUT2D eigenvalue weighted by atomic mass is 9.88. The van der Waals surface area contributed by atoms with E-state index in [1.807, 2.05) is 92.4 Å². The number of anilines is 1. The molecule has 0 fully saturated rings. The standard InChI is InChI=1S/C27H29NO3/c1-20-14-16-21(17-15-20)18-27(31-30-26(2,3)4)23-12-8-9-13-24(23)28(25(27)29)19-22-10-6-5-7-11-22/h5-17H,18-19H2,1-4H3. The number of nitrogens with zero attached hydrogens (tertiary/aromatic N) is 1. The van der Waals surface area contributed by atoms with Crippen molar-refractivity contribution >= 4 is 11.6 Å². The maximum atomic E-state index is 14.0. The van der Waals surface area contributed by atoms with Gasteiger partial charge in [-0.3, -0.25) is 4.79 Å². The van der Waals surface area contributed by atoms with Crippen LogP contribution in [-0.2, 0) is 33.1 Å². The molecule has 0 spiro atoms. The molecule has 4 heteroatoms. The molecule has 1 unspecified atom stereocenters. The number of rotatable bonds is 6. The Balaban J connectivity index is 1.78. The molecular weight excluding hydrogens is 386 g/mol. The first-order chi connectivity index (χ1) is 14.8. The van der Waals surface area contributed by atoms with Crippen molar-refractivity contribution < 1.29 is 14.6 Å². The monoisotopic (exact) mass is 415 g/mol. The molecule has 1 amide bonds. The summed E-state index contributed by atoms with van der Waals surface area (Å²) in [6, 6.07) is 26.1. The van der Waals surface area contributed by atoms with E-state index in [2.05, 4.69) is 19.1 Å². The van der Waals surface area contributed by atoms with Gasteiger partial charge >= 0.3 is 0 Å². The molecule has 0 radical (unpaired) electrons. The van der Waals surface area contributed by atoms with Crippen molar-refractivity contribution in [3.05, 3.63) is 101 Å².